The second-order valence-electron chi connectivity index (χ2n) is 9.52. The number of morpholine rings is 1. The van der Waals surface area contributed by atoms with Gasteiger partial charge in [-0.2, -0.15) is 0 Å². The third-order valence-electron chi connectivity index (χ3n) is 7.16. The van der Waals surface area contributed by atoms with Crippen molar-refractivity contribution in [2.75, 3.05) is 32.8 Å². The molecule has 1 aliphatic heterocycles. The maximum atomic E-state index is 13.4. The number of benzene rings is 1. The largest absolute Gasteiger partial charge is 0.373 e. The minimum Gasteiger partial charge on any atom is -0.373 e. The third-order valence-corrected chi connectivity index (χ3v) is 7.16. The fourth-order valence-corrected chi connectivity index (χ4v) is 5.20. The van der Waals surface area contributed by atoms with Crippen LogP contribution in [0.3, 0.4) is 0 Å². The van der Waals surface area contributed by atoms with Crippen LogP contribution in [0.4, 0.5) is 0 Å². The standard InChI is InChI=1S/C26H39N3O4/c1-3-25(30)28-12-6-7-14-32-23-16-22(20-8-4-5-9-21(20)23)18(2)29(19-10-11-19)26(31)24-17-27-13-15-33-24/h4-5,8-9,18-19,22-24,27H,3,6-7,10-17H2,1-2H3,(H,28,30)/t18-,22?,23?,24?/m0/s1. The molecule has 0 aromatic heterocycles. The fourth-order valence-electron chi connectivity index (χ4n) is 5.20. The lowest BCUT2D eigenvalue weighted by atomic mass is 9.92. The molecule has 2 fully saturated rings. The van der Waals surface area contributed by atoms with E-state index in [4.69, 9.17) is 9.47 Å². The maximum absolute atomic E-state index is 13.4. The summed E-state index contributed by atoms with van der Waals surface area (Å²) in [5.74, 6) is 0.492. The van der Waals surface area contributed by atoms with Crippen LogP contribution in [0.2, 0.25) is 0 Å². The summed E-state index contributed by atoms with van der Waals surface area (Å²) < 4.78 is 12.1. The molecule has 3 unspecified atom stereocenters. The topological polar surface area (TPSA) is 79.9 Å². The van der Waals surface area contributed by atoms with Gasteiger partial charge in [-0.15, -0.1) is 0 Å². The highest BCUT2D eigenvalue weighted by Gasteiger charge is 2.44. The van der Waals surface area contributed by atoms with Crippen LogP contribution in [0.15, 0.2) is 24.3 Å². The molecule has 1 aromatic rings. The minimum atomic E-state index is -0.376. The van der Waals surface area contributed by atoms with E-state index in [9.17, 15) is 9.59 Å². The van der Waals surface area contributed by atoms with Crippen LogP contribution >= 0.6 is 0 Å². The van der Waals surface area contributed by atoms with Crippen molar-refractivity contribution in [3.8, 4) is 0 Å². The summed E-state index contributed by atoms with van der Waals surface area (Å²) in [7, 11) is 0. The molecule has 182 valence electrons. The molecule has 2 aliphatic carbocycles. The van der Waals surface area contributed by atoms with Crippen molar-refractivity contribution in [2.24, 2.45) is 0 Å². The molecule has 4 rings (SSSR count). The van der Waals surface area contributed by atoms with Crippen molar-refractivity contribution in [2.45, 2.75) is 82.6 Å². The van der Waals surface area contributed by atoms with E-state index >= 15 is 0 Å². The minimum absolute atomic E-state index is 0.0580. The van der Waals surface area contributed by atoms with Crippen molar-refractivity contribution >= 4 is 11.8 Å². The first-order chi connectivity index (χ1) is 16.1. The summed E-state index contributed by atoms with van der Waals surface area (Å²) >= 11 is 0. The number of hydrogen-bond acceptors (Lipinski definition) is 5. The Bertz CT molecular complexity index is 806. The summed E-state index contributed by atoms with van der Waals surface area (Å²) in [6, 6.07) is 8.99. The van der Waals surface area contributed by atoms with Gasteiger partial charge in [0.05, 0.1) is 12.7 Å². The molecule has 0 spiro atoms. The second kappa shape index (κ2) is 11.4. The van der Waals surface area contributed by atoms with Crippen LogP contribution in [0, 0.1) is 0 Å². The van der Waals surface area contributed by atoms with Crippen molar-refractivity contribution in [3.63, 3.8) is 0 Å². The Hall–Kier alpha value is -1.96. The second-order valence-corrected chi connectivity index (χ2v) is 9.52. The Labute approximate surface area is 197 Å². The summed E-state index contributed by atoms with van der Waals surface area (Å²) in [6.45, 7) is 7.44. The van der Waals surface area contributed by atoms with E-state index < -0.39 is 0 Å². The SMILES string of the molecule is CCC(=O)NCCCCOC1CC([C@H](C)N(C(=O)C2CNCCO2)C2CC2)c2ccccc21. The summed E-state index contributed by atoms with van der Waals surface area (Å²) in [5.41, 5.74) is 2.57. The number of rotatable bonds is 11. The molecule has 33 heavy (non-hydrogen) atoms. The molecule has 2 amide bonds. The van der Waals surface area contributed by atoms with Crippen molar-refractivity contribution in [1.29, 1.82) is 0 Å². The highest BCUT2D eigenvalue weighted by molar-refractivity contribution is 5.82. The number of carbonyl (C=O) groups excluding carboxylic acids is 2. The Morgan fingerprint density at radius 3 is 2.73 bits per heavy atom. The molecule has 7 nitrogen and oxygen atoms in total. The van der Waals surface area contributed by atoms with Gasteiger partial charge in [-0.05, 0) is 50.2 Å². The van der Waals surface area contributed by atoms with Crippen LogP contribution in [0.25, 0.3) is 0 Å². The molecule has 1 heterocycles. The molecule has 7 heteroatoms. The molecule has 3 aliphatic rings. The van der Waals surface area contributed by atoms with Crippen molar-refractivity contribution in [3.05, 3.63) is 35.4 Å². The van der Waals surface area contributed by atoms with Crippen molar-refractivity contribution < 1.29 is 19.1 Å². The van der Waals surface area contributed by atoms with Crippen LogP contribution in [0.1, 0.15) is 75.5 Å². The molecule has 4 atom stereocenters. The van der Waals surface area contributed by atoms with E-state index in [1.54, 1.807) is 0 Å². The molecule has 1 saturated carbocycles. The monoisotopic (exact) mass is 457 g/mol. The van der Waals surface area contributed by atoms with Gasteiger partial charge in [0.1, 0.15) is 6.10 Å². The Kier molecular flexibility index (Phi) is 8.39. The fraction of sp³-hybridized carbons (Fsp3) is 0.692. The number of hydrogen-bond donors (Lipinski definition) is 2. The Morgan fingerprint density at radius 1 is 1.24 bits per heavy atom. The number of ether oxygens (including phenoxy) is 2. The normalized spacial score (nSPS) is 25.3. The summed E-state index contributed by atoms with van der Waals surface area (Å²) in [4.78, 5) is 26.9. The van der Waals surface area contributed by atoms with Crippen LogP contribution in [0.5, 0.6) is 0 Å². The van der Waals surface area contributed by atoms with Gasteiger partial charge in [0.25, 0.3) is 5.91 Å². The zero-order valence-electron chi connectivity index (χ0n) is 20.1. The average Bonchev–Trinajstić information content (AvgIpc) is 3.62. The zero-order valence-corrected chi connectivity index (χ0v) is 20.1. The van der Waals surface area contributed by atoms with Gasteiger partial charge in [0, 0.05) is 50.7 Å². The molecule has 2 N–H and O–H groups in total. The van der Waals surface area contributed by atoms with E-state index in [0.29, 0.717) is 38.8 Å². The quantitative estimate of drug-likeness (QED) is 0.500. The lowest BCUT2D eigenvalue weighted by molar-refractivity contribution is -0.148. The molecular weight excluding hydrogens is 418 g/mol. The number of nitrogens with zero attached hydrogens (tertiary/aromatic N) is 1. The van der Waals surface area contributed by atoms with Gasteiger partial charge in [-0.25, -0.2) is 0 Å². The first-order valence-electron chi connectivity index (χ1n) is 12.7. The predicted molar refractivity (Wildman–Crippen MR) is 127 cm³/mol. The van der Waals surface area contributed by atoms with E-state index in [-0.39, 0.29) is 36.0 Å². The van der Waals surface area contributed by atoms with Gasteiger partial charge in [0.15, 0.2) is 0 Å². The number of nitrogens with one attached hydrogen (secondary N) is 2. The number of fused-ring (bicyclic) bond motifs is 1. The molecule has 0 bridgehead atoms. The number of amides is 2. The first-order valence-corrected chi connectivity index (χ1v) is 12.7. The first kappa shape index (κ1) is 24.2. The van der Waals surface area contributed by atoms with Gasteiger partial charge < -0.3 is 25.0 Å². The van der Waals surface area contributed by atoms with Crippen LogP contribution in [-0.4, -0.2) is 67.7 Å². The highest BCUT2D eigenvalue weighted by atomic mass is 16.5. The van der Waals surface area contributed by atoms with E-state index in [0.717, 1.165) is 38.6 Å². The lowest BCUT2D eigenvalue weighted by Crippen LogP contribution is -2.53. The van der Waals surface area contributed by atoms with Gasteiger partial charge in [-0.3, -0.25) is 9.59 Å². The average molecular weight is 458 g/mol. The Balaban J connectivity index is 1.37. The van der Waals surface area contributed by atoms with E-state index in [2.05, 4.69) is 46.7 Å². The summed E-state index contributed by atoms with van der Waals surface area (Å²) in [6.07, 6.45) is 5.10. The zero-order chi connectivity index (χ0) is 23.2. The van der Waals surface area contributed by atoms with E-state index in [1.165, 1.54) is 11.1 Å². The highest BCUT2D eigenvalue weighted by Crippen LogP contribution is 2.46. The lowest BCUT2D eigenvalue weighted by Gasteiger charge is -2.37. The third kappa shape index (κ3) is 5.94. The molecule has 1 saturated heterocycles. The molecule has 1 aromatic carbocycles. The van der Waals surface area contributed by atoms with Crippen molar-refractivity contribution in [1.82, 2.24) is 15.5 Å². The van der Waals surface area contributed by atoms with Crippen LogP contribution < -0.4 is 10.6 Å². The predicted octanol–water partition coefficient (Wildman–Crippen LogP) is 2.91. The van der Waals surface area contributed by atoms with Gasteiger partial charge in [-0.1, -0.05) is 31.2 Å². The molecular formula is C26H39N3O4. The summed E-state index contributed by atoms with van der Waals surface area (Å²) in [5, 5.41) is 6.21. The smallest absolute Gasteiger partial charge is 0.253 e. The van der Waals surface area contributed by atoms with Gasteiger partial charge in [0.2, 0.25) is 5.91 Å². The number of carbonyl (C=O) groups is 2. The Morgan fingerprint density at radius 2 is 2.03 bits per heavy atom. The maximum Gasteiger partial charge on any atom is 0.253 e. The van der Waals surface area contributed by atoms with Crippen LogP contribution in [-0.2, 0) is 19.1 Å². The molecule has 0 radical (unpaired) electrons. The van der Waals surface area contributed by atoms with E-state index in [1.807, 2.05) is 6.92 Å². The number of unbranched alkanes of at least 4 members (excludes halogenated alkanes) is 1. The van der Waals surface area contributed by atoms with Gasteiger partial charge >= 0.3 is 0 Å².